The molecule has 5 aromatic rings. The highest BCUT2D eigenvalue weighted by atomic mass is 16.3. The molecular formula is C36H31N3O. The number of pyridine rings is 1. The van der Waals surface area contributed by atoms with E-state index in [0.717, 1.165) is 69.6 Å². The van der Waals surface area contributed by atoms with E-state index in [9.17, 15) is 0 Å². The van der Waals surface area contributed by atoms with Gasteiger partial charge in [-0.1, -0.05) is 86.8 Å². The third kappa shape index (κ3) is 4.03. The maximum absolute atomic E-state index is 6.59. The number of rotatable bonds is 3. The van der Waals surface area contributed by atoms with Crippen LogP contribution in [0.2, 0.25) is 0 Å². The molecule has 0 aliphatic carbocycles. The van der Waals surface area contributed by atoms with Crippen molar-refractivity contribution in [1.29, 1.82) is 0 Å². The smallest absolute Gasteiger partial charge is 0.227 e. The lowest BCUT2D eigenvalue weighted by molar-refractivity contribution is 0.489. The van der Waals surface area contributed by atoms with E-state index in [1.807, 2.05) is 24.3 Å². The number of aromatic nitrogens is 1. The van der Waals surface area contributed by atoms with Gasteiger partial charge in [0.1, 0.15) is 5.58 Å². The zero-order chi connectivity index (χ0) is 27.2. The van der Waals surface area contributed by atoms with Gasteiger partial charge >= 0.3 is 0 Å². The van der Waals surface area contributed by atoms with E-state index in [1.54, 1.807) is 0 Å². The second kappa shape index (κ2) is 9.87. The van der Waals surface area contributed by atoms with Crippen LogP contribution in [0.5, 0.6) is 0 Å². The van der Waals surface area contributed by atoms with E-state index >= 15 is 0 Å². The Hall–Kier alpha value is -4.57. The topological polar surface area (TPSA) is 50.8 Å². The Balaban J connectivity index is 1.38. The predicted molar refractivity (Wildman–Crippen MR) is 166 cm³/mol. The van der Waals surface area contributed by atoms with Crippen molar-refractivity contribution in [3.63, 3.8) is 0 Å². The fourth-order valence-corrected chi connectivity index (χ4v) is 6.45. The summed E-state index contributed by atoms with van der Waals surface area (Å²) in [6.45, 7) is 10.6. The van der Waals surface area contributed by atoms with Crippen LogP contribution in [0, 0.1) is 0 Å². The predicted octanol–water partition coefficient (Wildman–Crippen LogP) is 8.84. The molecule has 0 bridgehead atoms. The summed E-state index contributed by atoms with van der Waals surface area (Å²) in [5.74, 6) is 0.282. The SMILES string of the molecule is C=CC1=NC2CC(=C)N=C(CC)c3c(ccc4c3oc3nc(-c5ccccc5)ccc34)CCC2c2ccccc21. The summed E-state index contributed by atoms with van der Waals surface area (Å²) in [7, 11) is 0. The van der Waals surface area contributed by atoms with Gasteiger partial charge in [-0.05, 0) is 48.6 Å². The van der Waals surface area contributed by atoms with Crippen LogP contribution < -0.4 is 0 Å². The van der Waals surface area contributed by atoms with Gasteiger partial charge in [0.15, 0.2) is 0 Å². The fraction of sp³-hybridized carbons (Fsp3) is 0.194. The van der Waals surface area contributed by atoms with Crippen LogP contribution in [0.3, 0.4) is 0 Å². The maximum Gasteiger partial charge on any atom is 0.227 e. The lowest BCUT2D eigenvalue weighted by Crippen LogP contribution is -2.27. The minimum absolute atomic E-state index is 0.0920. The van der Waals surface area contributed by atoms with Gasteiger partial charge in [0.2, 0.25) is 5.71 Å². The molecule has 0 N–H and O–H groups in total. The lowest BCUT2D eigenvalue weighted by Gasteiger charge is -2.32. The normalized spacial score (nSPS) is 18.9. The van der Waals surface area contributed by atoms with Gasteiger partial charge in [-0.25, -0.2) is 4.98 Å². The first-order chi connectivity index (χ1) is 19.6. The third-order valence-electron chi connectivity index (χ3n) is 8.35. The Morgan fingerprint density at radius 1 is 0.950 bits per heavy atom. The number of fused-ring (bicyclic) bond motifs is 8. The lowest BCUT2D eigenvalue weighted by atomic mass is 9.78. The molecule has 0 fully saturated rings. The van der Waals surface area contributed by atoms with Gasteiger partial charge in [0.05, 0.1) is 23.2 Å². The number of allylic oxidation sites excluding steroid dienone is 1. The van der Waals surface area contributed by atoms with Gasteiger partial charge in [-0.15, -0.1) is 0 Å². The molecule has 0 saturated heterocycles. The molecular weight excluding hydrogens is 490 g/mol. The van der Waals surface area contributed by atoms with Crippen LogP contribution in [0.1, 0.15) is 54.4 Å². The number of furan rings is 1. The van der Waals surface area contributed by atoms with Crippen molar-refractivity contribution in [3.05, 3.63) is 126 Å². The summed E-state index contributed by atoms with van der Waals surface area (Å²) >= 11 is 0. The van der Waals surface area contributed by atoms with Crippen LogP contribution in [-0.2, 0) is 6.42 Å². The maximum atomic E-state index is 6.59. The molecule has 2 aromatic heterocycles. The Kier molecular flexibility index (Phi) is 6.04. The molecule has 2 aliphatic heterocycles. The number of hydrogen-bond acceptors (Lipinski definition) is 4. The highest BCUT2D eigenvalue weighted by Crippen LogP contribution is 2.40. The number of hydrogen-bond donors (Lipinski definition) is 0. The van der Waals surface area contributed by atoms with Crippen molar-refractivity contribution >= 4 is 33.5 Å². The summed E-state index contributed by atoms with van der Waals surface area (Å²) in [4.78, 5) is 15.2. The number of aliphatic imine (C=N–C) groups is 2. The van der Waals surface area contributed by atoms with Crippen molar-refractivity contribution in [2.75, 3.05) is 0 Å². The molecule has 196 valence electrons. The second-order valence-electron chi connectivity index (χ2n) is 10.7. The summed E-state index contributed by atoms with van der Waals surface area (Å²) in [5.41, 5.74) is 11.2. The standard InChI is InChI=1S/C36H31N3O/c1-4-30-26-14-10-9-13-25(26)27-17-15-24-16-18-28-29-19-20-32(23-11-7-6-8-12-23)39-36(29)40-35(28)34(24)31(5-2)37-22(3)21-33(27)38-30/h4,6-14,16,18-20,27,33H,1,3,5,15,17,21H2,2H3. The van der Waals surface area contributed by atoms with Crippen LogP contribution in [-0.4, -0.2) is 22.4 Å². The summed E-state index contributed by atoms with van der Waals surface area (Å²) in [6, 6.07) is 27.6. The van der Waals surface area contributed by atoms with Crippen molar-refractivity contribution in [1.82, 2.24) is 4.98 Å². The van der Waals surface area contributed by atoms with Gasteiger partial charge in [0, 0.05) is 45.5 Å². The van der Waals surface area contributed by atoms with Crippen LogP contribution in [0.25, 0.3) is 33.3 Å². The minimum Gasteiger partial charge on any atom is -0.437 e. The quantitative estimate of drug-likeness (QED) is 0.238. The molecule has 2 unspecified atom stereocenters. The molecule has 4 heteroatoms. The van der Waals surface area contributed by atoms with Crippen molar-refractivity contribution in [3.8, 4) is 11.3 Å². The minimum atomic E-state index is 0.0920. The van der Waals surface area contributed by atoms with Gasteiger partial charge in [0.25, 0.3) is 0 Å². The van der Waals surface area contributed by atoms with Crippen molar-refractivity contribution < 1.29 is 4.42 Å². The molecule has 7 rings (SSSR count). The molecule has 3 aromatic carbocycles. The number of benzene rings is 3. The number of aryl methyl sites for hydroxylation is 1. The first kappa shape index (κ1) is 24.5. The molecule has 40 heavy (non-hydrogen) atoms. The molecule has 4 nitrogen and oxygen atoms in total. The van der Waals surface area contributed by atoms with Gasteiger partial charge < -0.3 is 4.42 Å². The van der Waals surface area contributed by atoms with E-state index < -0.39 is 0 Å². The molecule has 4 heterocycles. The molecule has 0 saturated carbocycles. The zero-order valence-electron chi connectivity index (χ0n) is 22.7. The van der Waals surface area contributed by atoms with Crippen molar-refractivity contribution in [2.24, 2.45) is 9.98 Å². The van der Waals surface area contributed by atoms with E-state index in [0.29, 0.717) is 12.1 Å². The average Bonchev–Trinajstić information content (AvgIpc) is 3.37. The Labute approximate surface area is 234 Å². The highest BCUT2D eigenvalue weighted by molar-refractivity contribution is 6.16. The summed E-state index contributed by atoms with van der Waals surface area (Å²) in [6.07, 6.45) is 5.26. The Morgan fingerprint density at radius 3 is 2.58 bits per heavy atom. The second-order valence-corrected chi connectivity index (χ2v) is 10.7. The van der Waals surface area contributed by atoms with E-state index in [4.69, 9.17) is 19.4 Å². The summed E-state index contributed by atoms with van der Waals surface area (Å²) < 4.78 is 6.59. The van der Waals surface area contributed by atoms with Crippen LogP contribution >= 0.6 is 0 Å². The van der Waals surface area contributed by atoms with Crippen molar-refractivity contribution in [2.45, 2.75) is 44.6 Å². The molecule has 0 spiro atoms. The van der Waals surface area contributed by atoms with Gasteiger partial charge in [-0.2, -0.15) is 0 Å². The van der Waals surface area contributed by atoms with Crippen LogP contribution in [0.15, 0.2) is 118 Å². The highest BCUT2D eigenvalue weighted by Gasteiger charge is 2.32. The van der Waals surface area contributed by atoms with E-state index in [-0.39, 0.29) is 12.0 Å². The third-order valence-corrected chi connectivity index (χ3v) is 8.35. The Morgan fingerprint density at radius 2 is 1.75 bits per heavy atom. The number of nitrogens with zero attached hydrogens (tertiary/aromatic N) is 3. The van der Waals surface area contributed by atoms with Gasteiger partial charge in [-0.3, -0.25) is 9.98 Å². The molecule has 2 atom stereocenters. The zero-order valence-corrected chi connectivity index (χ0v) is 22.7. The molecule has 2 aliphatic rings. The first-order valence-corrected chi connectivity index (χ1v) is 14.1. The van der Waals surface area contributed by atoms with E-state index in [2.05, 4.69) is 80.7 Å². The van der Waals surface area contributed by atoms with Crippen LogP contribution in [0.4, 0.5) is 0 Å². The Bertz CT molecular complexity index is 1860. The largest absolute Gasteiger partial charge is 0.437 e. The first-order valence-electron chi connectivity index (χ1n) is 14.1. The van der Waals surface area contributed by atoms with E-state index in [1.165, 1.54) is 16.7 Å². The average molecular weight is 522 g/mol. The summed E-state index contributed by atoms with van der Waals surface area (Å²) in [5, 5.41) is 2.10. The monoisotopic (exact) mass is 521 g/mol. The fourth-order valence-electron chi connectivity index (χ4n) is 6.45. The molecule has 0 radical (unpaired) electrons. The molecule has 0 amide bonds.